The molecule has 0 radical (unpaired) electrons. The fraction of sp³-hybridized carbons (Fsp3) is 0.818. The van der Waals surface area contributed by atoms with Crippen molar-refractivity contribution in [1.29, 1.82) is 0 Å². The molecule has 4 aliphatic rings. The Morgan fingerprint density at radius 2 is 1.38 bits per heavy atom. The molecule has 4 rings (SSSR count). The molecule has 4 aliphatic carbocycles. The largest absolute Gasteiger partial charge is 0.299 e. The molecular formula is C11H14O2. The van der Waals surface area contributed by atoms with E-state index >= 15 is 0 Å². The smallest absolute Gasteiger partial charge is 0.139 e. The molecule has 0 heterocycles. The number of Topliss-reactive ketones (excluding diaryl/α,β-unsaturated/α-hetero) is 2. The molecule has 13 heavy (non-hydrogen) atoms. The fourth-order valence-electron chi connectivity index (χ4n) is 3.68. The van der Waals surface area contributed by atoms with Crippen LogP contribution in [-0.4, -0.2) is 11.6 Å². The SMILES string of the molecule is CC1C2CC3CC(CC1C3=O)C2=O. The maximum atomic E-state index is 11.8. The summed E-state index contributed by atoms with van der Waals surface area (Å²) in [5.41, 5.74) is 0. The first kappa shape index (κ1) is 7.72. The molecule has 2 nitrogen and oxygen atoms in total. The van der Waals surface area contributed by atoms with Gasteiger partial charge in [-0.25, -0.2) is 0 Å². The highest BCUT2D eigenvalue weighted by atomic mass is 16.1. The molecule has 4 unspecified atom stereocenters. The molecule has 0 amide bonds. The number of hydrogen-bond donors (Lipinski definition) is 0. The van der Waals surface area contributed by atoms with Crippen molar-refractivity contribution in [3.63, 3.8) is 0 Å². The van der Waals surface area contributed by atoms with Crippen molar-refractivity contribution in [2.45, 2.75) is 26.2 Å². The van der Waals surface area contributed by atoms with Crippen LogP contribution in [0.3, 0.4) is 0 Å². The lowest BCUT2D eigenvalue weighted by atomic mass is 9.51. The summed E-state index contributed by atoms with van der Waals surface area (Å²) < 4.78 is 0. The van der Waals surface area contributed by atoms with Crippen LogP contribution in [0.15, 0.2) is 0 Å². The Labute approximate surface area is 77.7 Å². The van der Waals surface area contributed by atoms with Gasteiger partial charge in [-0.3, -0.25) is 9.59 Å². The van der Waals surface area contributed by atoms with Crippen molar-refractivity contribution in [1.82, 2.24) is 0 Å². The second kappa shape index (κ2) is 2.23. The van der Waals surface area contributed by atoms with E-state index in [-0.39, 0.29) is 23.7 Å². The Morgan fingerprint density at radius 3 is 1.85 bits per heavy atom. The van der Waals surface area contributed by atoms with Gasteiger partial charge in [-0.15, -0.1) is 0 Å². The molecular weight excluding hydrogens is 164 g/mol. The van der Waals surface area contributed by atoms with E-state index in [0.29, 0.717) is 17.5 Å². The number of hydrogen-bond acceptors (Lipinski definition) is 2. The standard InChI is InChI=1S/C11H14O2/c1-5-8-3-6-2-7(11(8)13)4-9(5)10(6)12/h5-9H,2-4H2,1H3. The molecule has 4 fully saturated rings. The summed E-state index contributed by atoms with van der Waals surface area (Å²) in [6, 6.07) is 0. The third-order valence-electron chi connectivity index (χ3n) is 4.45. The lowest BCUT2D eigenvalue weighted by molar-refractivity contribution is -0.156. The highest BCUT2D eigenvalue weighted by Gasteiger charge is 2.55. The molecule has 0 aliphatic heterocycles. The van der Waals surface area contributed by atoms with Gasteiger partial charge in [0.15, 0.2) is 0 Å². The third-order valence-corrected chi connectivity index (χ3v) is 4.45. The Hall–Kier alpha value is -0.660. The third kappa shape index (κ3) is 0.792. The van der Waals surface area contributed by atoms with Gasteiger partial charge in [0.1, 0.15) is 11.6 Å². The summed E-state index contributed by atoms with van der Waals surface area (Å²) in [6.07, 6.45) is 2.61. The molecule has 0 aromatic heterocycles. The summed E-state index contributed by atoms with van der Waals surface area (Å²) >= 11 is 0. The predicted octanol–water partition coefficient (Wildman–Crippen LogP) is 1.44. The average molecular weight is 178 g/mol. The zero-order valence-electron chi connectivity index (χ0n) is 7.82. The van der Waals surface area contributed by atoms with E-state index in [1.54, 1.807) is 0 Å². The van der Waals surface area contributed by atoms with Gasteiger partial charge >= 0.3 is 0 Å². The van der Waals surface area contributed by atoms with Crippen LogP contribution < -0.4 is 0 Å². The van der Waals surface area contributed by atoms with E-state index in [9.17, 15) is 9.59 Å². The molecule has 0 aromatic rings. The van der Waals surface area contributed by atoms with Crippen LogP contribution in [0.5, 0.6) is 0 Å². The minimum Gasteiger partial charge on any atom is -0.299 e. The van der Waals surface area contributed by atoms with E-state index in [1.165, 1.54) is 0 Å². The molecule has 0 N–H and O–H groups in total. The summed E-state index contributed by atoms with van der Waals surface area (Å²) in [4.78, 5) is 23.6. The molecule has 2 heteroatoms. The van der Waals surface area contributed by atoms with Crippen LogP contribution >= 0.6 is 0 Å². The Morgan fingerprint density at radius 1 is 0.923 bits per heavy atom. The second-order valence-corrected chi connectivity index (χ2v) is 4.98. The first-order chi connectivity index (χ1) is 6.18. The average Bonchev–Trinajstić information content (AvgIpc) is 2.10. The number of carbonyl (C=O) groups is 2. The zero-order valence-corrected chi connectivity index (χ0v) is 7.82. The van der Waals surface area contributed by atoms with Crippen molar-refractivity contribution in [2.24, 2.45) is 29.6 Å². The van der Waals surface area contributed by atoms with Crippen LogP contribution in [0.4, 0.5) is 0 Å². The van der Waals surface area contributed by atoms with Crippen LogP contribution in [0.1, 0.15) is 26.2 Å². The quantitative estimate of drug-likeness (QED) is 0.562. The summed E-state index contributed by atoms with van der Waals surface area (Å²) in [7, 11) is 0. The fourth-order valence-corrected chi connectivity index (χ4v) is 3.68. The Balaban J connectivity index is 2.04. The Bertz CT molecular complexity index is 266. The minimum atomic E-state index is 0.236. The van der Waals surface area contributed by atoms with Crippen molar-refractivity contribution in [3.8, 4) is 0 Å². The van der Waals surface area contributed by atoms with Gasteiger partial charge in [-0.05, 0) is 25.2 Å². The summed E-state index contributed by atoms with van der Waals surface area (Å²) in [6.45, 7) is 2.09. The second-order valence-electron chi connectivity index (χ2n) is 4.98. The number of ketones is 2. The van der Waals surface area contributed by atoms with Gasteiger partial charge in [0, 0.05) is 23.7 Å². The maximum absolute atomic E-state index is 11.8. The van der Waals surface area contributed by atoms with Gasteiger partial charge in [0.25, 0.3) is 0 Å². The predicted molar refractivity (Wildman–Crippen MR) is 47.0 cm³/mol. The maximum Gasteiger partial charge on any atom is 0.139 e. The van der Waals surface area contributed by atoms with Gasteiger partial charge < -0.3 is 0 Å². The monoisotopic (exact) mass is 178 g/mol. The van der Waals surface area contributed by atoms with Crippen molar-refractivity contribution >= 4 is 11.6 Å². The normalized spacial score (nSPS) is 53.2. The van der Waals surface area contributed by atoms with Gasteiger partial charge in [-0.1, -0.05) is 6.92 Å². The number of rotatable bonds is 0. The molecule has 0 aromatic carbocycles. The molecule has 4 saturated carbocycles. The Kier molecular flexibility index (Phi) is 1.32. The van der Waals surface area contributed by atoms with Crippen LogP contribution in [0, 0.1) is 29.6 Å². The van der Waals surface area contributed by atoms with Gasteiger partial charge in [-0.2, -0.15) is 0 Å². The highest BCUT2D eigenvalue weighted by molar-refractivity contribution is 5.95. The van der Waals surface area contributed by atoms with Gasteiger partial charge in [0.2, 0.25) is 0 Å². The first-order valence-corrected chi connectivity index (χ1v) is 5.26. The lowest BCUT2D eigenvalue weighted by Gasteiger charge is -2.50. The lowest BCUT2D eigenvalue weighted by Crippen LogP contribution is -2.55. The number of carbonyl (C=O) groups excluding carboxylic acids is 2. The van der Waals surface area contributed by atoms with E-state index < -0.39 is 0 Å². The summed E-state index contributed by atoms with van der Waals surface area (Å²) in [5, 5.41) is 0. The molecule has 0 saturated heterocycles. The minimum absolute atomic E-state index is 0.236. The molecule has 70 valence electrons. The van der Waals surface area contributed by atoms with E-state index in [4.69, 9.17) is 0 Å². The van der Waals surface area contributed by atoms with Crippen LogP contribution in [0.25, 0.3) is 0 Å². The van der Waals surface area contributed by atoms with E-state index in [2.05, 4.69) is 6.92 Å². The van der Waals surface area contributed by atoms with E-state index in [0.717, 1.165) is 19.3 Å². The highest BCUT2D eigenvalue weighted by Crippen LogP contribution is 2.52. The van der Waals surface area contributed by atoms with Crippen molar-refractivity contribution < 1.29 is 9.59 Å². The molecule has 4 atom stereocenters. The first-order valence-electron chi connectivity index (χ1n) is 5.26. The molecule has 0 spiro atoms. The zero-order chi connectivity index (χ0) is 9.16. The van der Waals surface area contributed by atoms with Crippen molar-refractivity contribution in [3.05, 3.63) is 0 Å². The van der Waals surface area contributed by atoms with Crippen LogP contribution in [0.2, 0.25) is 0 Å². The topological polar surface area (TPSA) is 34.1 Å². The van der Waals surface area contributed by atoms with E-state index in [1.807, 2.05) is 0 Å². The van der Waals surface area contributed by atoms with Gasteiger partial charge in [0.05, 0.1) is 0 Å². The summed E-state index contributed by atoms with van der Waals surface area (Å²) in [5.74, 6) is 2.25. The van der Waals surface area contributed by atoms with Crippen molar-refractivity contribution in [2.75, 3.05) is 0 Å². The van der Waals surface area contributed by atoms with Crippen LogP contribution in [-0.2, 0) is 9.59 Å². The molecule has 4 bridgehead atoms.